The molecule has 3 rings (SSSR count). The topological polar surface area (TPSA) is 88.1 Å². The monoisotopic (exact) mass is 379 g/mol. The maximum atomic E-state index is 12.2. The van der Waals surface area contributed by atoms with Crippen molar-refractivity contribution in [3.8, 4) is 6.07 Å². The molecule has 0 spiro atoms. The molecule has 138 valence electrons. The predicted molar refractivity (Wildman–Crippen MR) is 109 cm³/mol. The second-order valence-electron chi connectivity index (χ2n) is 6.15. The first-order valence-corrected chi connectivity index (χ1v) is 9.57. The zero-order chi connectivity index (χ0) is 19.4. The molecule has 3 aromatic rings. The van der Waals surface area contributed by atoms with Gasteiger partial charge in [-0.3, -0.25) is 0 Å². The molecule has 0 aliphatic rings. The molecular formula is C21H21N3O2S. The fourth-order valence-corrected chi connectivity index (χ4v) is 4.06. The van der Waals surface area contributed by atoms with Crippen molar-refractivity contribution in [1.29, 1.82) is 5.26 Å². The average molecular weight is 379 g/mol. The highest BCUT2D eigenvalue weighted by atomic mass is 32.1. The molecule has 1 heterocycles. The molecule has 0 amide bonds. The first-order valence-electron chi connectivity index (χ1n) is 8.76. The molecule has 0 saturated heterocycles. The van der Waals surface area contributed by atoms with Crippen LogP contribution in [0.3, 0.4) is 0 Å². The lowest BCUT2D eigenvalue weighted by atomic mass is 9.99. The van der Waals surface area contributed by atoms with Crippen LogP contribution in [0.1, 0.15) is 46.3 Å². The minimum Gasteiger partial charge on any atom is -0.462 e. The van der Waals surface area contributed by atoms with Crippen molar-refractivity contribution in [2.45, 2.75) is 26.4 Å². The Morgan fingerprint density at radius 1 is 1.30 bits per heavy atom. The van der Waals surface area contributed by atoms with Gasteiger partial charge in [0.1, 0.15) is 15.9 Å². The van der Waals surface area contributed by atoms with Crippen molar-refractivity contribution in [3.05, 3.63) is 64.0 Å². The first kappa shape index (κ1) is 18.9. The van der Waals surface area contributed by atoms with E-state index in [-0.39, 0.29) is 12.6 Å². The molecule has 0 unspecified atom stereocenters. The van der Waals surface area contributed by atoms with Crippen LogP contribution in [0.2, 0.25) is 0 Å². The van der Waals surface area contributed by atoms with Gasteiger partial charge in [0.15, 0.2) is 0 Å². The van der Waals surface area contributed by atoms with Gasteiger partial charge in [-0.25, -0.2) is 4.79 Å². The smallest absolute Gasteiger partial charge is 0.348 e. The summed E-state index contributed by atoms with van der Waals surface area (Å²) in [5.41, 5.74) is 8.05. The second kappa shape index (κ2) is 8.21. The Labute approximate surface area is 162 Å². The number of thiophene rings is 1. The molecule has 5 nitrogen and oxygen atoms in total. The summed E-state index contributed by atoms with van der Waals surface area (Å²) in [5, 5.41) is 15.6. The molecule has 0 bridgehead atoms. The van der Waals surface area contributed by atoms with Crippen molar-refractivity contribution < 1.29 is 9.53 Å². The van der Waals surface area contributed by atoms with E-state index in [1.165, 1.54) is 10.8 Å². The number of nitrogen functional groups attached to an aromatic ring is 1. The van der Waals surface area contributed by atoms with Crippen LogP contribution in [-0.2, 0) is 11.3 Å². The number of fused-ring (bicyclic) bond motifs is 1. The average Bonchev–Trinajstić information content (AvgIpc) is 3.01. The number of carbonyl (C=O) groups is 1. The SMILES string of the molecule is CCOC(=O)c1sc(N)c(C#N)c1CN[C@H](C)c1cccc2ccccc12. The van der Waals surface area contributed by atoms with Gasteiger partial charge in [-0.1, -0.05) is 42.5 Å². The van der Waals surface area contributed by atoms with Crippen molar-refractivity contribution in [2.24, 2.45) is 0 Å². The van der Waals surface area contributed by atoms with Crippen LogP contribution < -0.4 is 11.1 Å². The van der Waals surface area contributed by atoms with Crippen LogP contribution in [0.25, 0.3) is 10.8 Å². The van der Waals surface area contributed by atoms with Gasteiger partial charge in [0.25, 0.3) is 0 Å². The summed E-state index contributed by atoms with van der Waals surface area (Å²) in [6, 6.07) is 16.5. The Bertz CT molecular complexity index is 1010. The lowest BCUT2D eigenvalue weighted by Gasteiger charge is -2.17. The summed E-state index contributed by atoms with van der Waals surface area (Å²) < 4.78 is 5.11. The number of nitrogens with one attached hydrogen (secondary N) is 1. The zero-order valence-electron chi connectivity index (χ0n) is 15.3. The highest BCUT2D eigenvalue weighted by Crippen LogP contribution is 2.32. The van der Waals surface area contributed by atoms with Crippen molar-refractivity contribution in [1.82, 2.24) is 5.32 Å². The third kappa shape index (κ3) is 3.80. The largest absolute Gasteiger partial charge is 0.462 e. The molecule has 1 atom stereocenters. The summed E-state index contributed by atoms with van der Waals surface area (Å²) in [5.74, 6) is -0.440. The van der Waals surface area contributed by atoms with E-state index >= 15 is 0 Å². The number of nitrogens with zero attached hydrogens (tertiary/aromatic N) is 1. The lowest BCUT2D eigenvalue weighted by molar-refractivity contribution is 0.0530. The summed E-state index contributed by atoms with van der Waals surface area (Å²) in [6.45, 7) is 4.45. The van der Waals surface area contributed by atoms with E-state index in [2.05, 4.69) is 42.6 Å². The minimum atomic E-state index is -0.440. The molecule has 0 fully saturated rings. The highest BCUT2D eigenvalue weighted by Gasteiger charge is 2.23. The van der Waals surface area contributed by atoms with Crippen molar-refractivity contribution in [3.63, 3.8) is 0 Å². The minimum absolute atomic E-state index is 0.0267. The first-order chi connectivity index (χ1) is 13.1. The van der Waals surface area contributed by atoms with E-state index in [4.69, 9.17) is 10.5 Å². The Hall–Kier alpha value is -2.88. The summed E-state index contributed by atoms with van der Waals surface area (Å²) >= 11 is 1.10. The third-order valence-electron chi connectivity index (χ3n) is 4.48. The van der Waals surface area contributed by atoms with E-state index in [0.29, 0.717) is 27.5 Å². The number of benzene rings is 2. The van der Waals surface area contributed by atoms with E-state index in [0.717, 1.165) is 16.9 Å². The summed E-state index contributed by atoms with van der Waals surface area (Å²) in [4.78, 5) is 12.6. The van der Waals surface area contributed by atoms with E-state index in [1.54, 1.807) is 6.92 Å². The van der Waals surface area contributed by atoms with Crippen molar-refractivity contribution >= 4 is 33.1 Å². The number of nitriles is 1. The molecule has 1 aromatic heterocycles. The van der Waals surface area contributed by atoms with Crippen LogP contribution in [-0.4, -0.2) is 12.6 Å². The molecule has 2 aromatic carbocycles. The standard InChI is InChI=1S/C21H21N3O2S/c1-3-26-21(25)19-18(17(11-22)20(23)27-19)12-24-13(2)15-10-6-8-14-7-4-5-9-16(14)15/h4-10,13,24H,3,12,23H2,1-2H3/t13-/m1/s1. The van der Waals surface area contributed by atoms with Gasteiger partial charge in [-0.2, -0.15) is 5.26 Å². The van der Waals surface area contributed by atoms with E-state index in [1.807, 2.05) is 18.2 Å². The molecule has 0 radical (unpaired) electrons. The Kier molecular flexibility index (Phi) is 5.75. The van der Waals surface area contributed by atoms with E-state index in [9.17, 15) is 10.1 Å². The number of ether oxygens (including phenoxy) is 1. The van der Waals surface area contributed by atoms with Gasteiger partial charge < -0.3 is 15.8 Å². The maximum Gasteiger partial charge on any atom is 0.348 e. The Morgan fingerprint density at radius 3 is 2.78 bits per heavy atom. The Morgan fingerprint density at radius 2 is 2.04 bits per heavy atom. The molecule has 0 aliphatic carbocycles. The van der Waals surface area contributed by atoms with Gasteiger partial charge in [-0.05, 0) is 30.2 Å². The molecule has 3 N–H and O–H groups in total. The molecule has 0 aliphatic heterocycles. The maximum absolute atomic E-state index is 12.2. The van der Waals surface area contributed by atoms with Crippen LogP contribution in [0.5, 0.6) is 0 Å². The summed E-state index contributed by atoms with van der Waals surface area (Å²) in [6.07, 6.45) is 0. The van der Waals surface area contributed by atoms with Crippen LogP contribution in [0.4, 0.5) is 5.00 Å². The fraction of sp³-hybridized carbons (Fsp3) is 0.238. The fourth-order valence-electron chi connectivity index (χ4n) is 3.13. The van der Waals surface area contributed by atoms with Crippen molar-refractivity contribution in [2.75, 3.05) is 12.3 Å². The van der Waals surface area contributed by atoms with E-state index < -0.39 is 5.97 Å². The second-order valence-corrected chi connectivity index (χ2v) is 7.20. The third-order valence-corrected chi connectivity index (χ3v) is 5.52. The number of hydrogen-bond acceptors (Lipinski definition) is 6. The number of esters is 1. The zero-order valence-corrected chi connectivity index (χ0v) is 16.1. The normalized spacial score (nSPS) is 11.9. The molecule has 0 saturated carbocycles. The number of anilines is 1. The number of hydrogen-bond donors (Lipinski definition) is 2. The van der Waals surface area contributed by atoms with Gasteiger partial charge in [0, 0.05) is 18.2 Å². The lowest BCUT2D eigenvalue weighted by Crippen LogP contribution is -2.20. The van der Waals surface area contributed by atoms with Crippen LogP contribution >= 0.6 is 11.3 Å². The number of nitrogens with two attached hydrogens (primary N) is 1. The van der Waals surface area contributed by atoms with Crippen LogP contribution in [0.15, 0.2) is 42.5 Å². The summed E-state index contributed by atoms with van der Waals surface area (Å²) in [7, 11) is 0. The van der Waals surface area contributed by atoms with Gasteiger partial charge in [0.2, 0.25) is 0 Å². The molecule has 6 heteroatoms. The number of carbonyl (C=O) groups excluding carboxylic acids is 1. The molecule has 27 heavy (non-hydrogen) atoms. The quantitative estimate of drug-likeness (QED) is 0.621. The van der Waals surface area contributed by atoms with Gasteiger partial charge in [-0.15, -0.1) is 11.3 Å². The number of rotatable bonds is 6. The Balaban J connectivity index is 1.88. The predicted octanol–water partition coefficient (Wildman–Crippen LogP) is 4.38. The van der Waals surface area contributed by atoms with Gasteiger partial charge in [0.05, 0.1) is 12.2 Å². The molecular weight excluding hydrogens is 358 g/mol. The van der Waals surface area contributed by atoms with Gasteiger partial charge >= 0.3 is 5.97 Å². The van der Waals surface area contributed by atoms with Crippen LogP contribution in [0, 0.1) is 11.3 Å². The highest BCUT2D eigenvalue weighted by molar-refractivity contribution is 7.18.